The first-order valence-electron chi connectivity index (χ1n) is 7.37. The summed E-state index contributed by atoms with van der Waals surface area (Å²) >= 11 is 0. The zero-order valence-corrected chi connectivity index (χ0v) is 13.0. The monoisotopic (exact) mass is 296 g/mol. The second-order valence-corrected chi connectivity index (χ2v) is 7.28. The Bertz CT molecular complexity index is 543. The lowest BCUT2D eigenvalue weighted by Gasteiger charge is -2.17. The maximum Gasteiger partial charge on any atom is 0.242 e. The van der Waals surface area contributed by atoms with Crippen molar-refractivity contribution in [3.63, 3.8) is 0 Å². The smallest absolute Gasteiger partial charge is 0.242 e. The Balaban J connectivity index is 2.10. The van der Waals surface area contributed by atoms with Crippen LogP contribution in [0.1, 0.15) is 33.1 Å². The molecule has 1 aromatic carbocycles. The van der Waals surface area contributed by atoms with Crippen molar-refractivity contribution in [2.24, 2.45) is 11.8 Å². The van der Waals surface area contributed by atoms with Crippen molar-refractivity contribution in [1.29, 1.82) is 0 Å². The Morgan fingerprint density at radius 1 is 1.25 bits per heavy atom. The normalized spacial score (nSPS) is 22.9. The summed E-state index contributed by atoms with van der Waals surface area (Å²) in [4.78, 5) is 0.340. The molecule has 4 nitrogen and oxygen atoms in total. The highest BCUT2D eigenvalue weighted by molar-refractivity contribution is 7.89. The van der Waals surface area contributed by atoms with Crippen molar-refractivity contribution in [2.45, 2.75) is 38.0 Å². The van der Waals surface area contributed by atoms with Gasteiger partial charge >= 0.3 is 0 Å². The number of para-hydroxylation sites is 1. The van der Waals surface area contributed by atoms with Gasteiger partial charge in [-0.05, 0) is 37.3 Å². The molecular weight excluding hydrogens is 272 g/mol. The van der Waals surface area contributed by atoms with Gasteiger partial charge in [-0.25, -0.2) is 13.1 Å². The van der Waals surface area contributed by atoms with E-state index in [0.29, 0.717) is 35.5 Å². The van der Waals surface area contributed by atoms with Crippen LogP contribution < -0.4 is 10.0 Å². The average molecular weight is 296 g/mol. The standard InChI is InChI=1S/C15H24N2O2S/c1-3-16-14-9-4-5-10-15(14)20(18,19)17-11-13-8-6-7-12(13)2/h4-5,9-10,12-13,16-17H,3,6-8,11H2,1-2H3. The zero-order chi connectivity index (χ0) is 14.6. The molecule has 2 unspecified atom stereocenters. The van der Waals surface area contributed by atoms with Crippen LogP contribution in [0.2, 0.25) is 0 Å². The lowest BCUT2D eigenvalue weighted by molar-refractivity contribution is 0.414. The van der Waals surface area contributed by atoms with Crippen molar-refractivity contribution in [3.8, 4) is 0 Å². The first kappa shape index (κ1) is 15.3. The fraction of sp³-hybridized carbons (Fsp3) is 0.600. The molecule has 2 rings (SSSR count). The van der Waals surface area contributed by atoms with Crippen LogP contribution in [-0.4, -0.2) is 21.5 Å². The van der Waals surface area contributed by atoms with Crippen LogP contribution in [0.5, 0.6) is 0 Å². The highest BCUT2D eigenvalue weighted by atomic mass is 32.2. The molecule has 5 heteroatoms. The molecule has 0 saturated heterocycles. The van der Waals surface area contributed by atoms with Gasteiger partial charge in [0, 0.05) is 13.1 Å². The number of rotatable bonds is 6. The van der Waals surface area contributed by atoms with Crippen molar-refractivity contribution < 1.29 is 8.42 Å². The summed E-state index contributed by atoms with van der Waals surface area (Å²) < 4.78 is 27.7. The van der Waals surface area contributed by atoms with E-state index in [1.54, 1.807) is 18.2 Å². The Morgan fingerprint density at radius 3 is 2.65 bits per heavy atom. The molecule has 1 aromatic rings. The van der Waals surface area contributed by atoms with E-state index in [1.165, 1.54) is 12.8 Å². The lowest BCUT2D eigenvalue weighted by atomic mass is 9.99. The fourth-order valence-electron chi connectivity index (χ4n) is 2.86. The highest BCUT2D eigenvalue weighted by Gasteiger charge is 2.26. The third-order valence-electron chi connectivity index (χ3n) is 4.12. The summed E-state index contributed by atoms with van der Waals surface area (Å²) in [7, 11) is -3.44. The summed E-state index contributed by atoms with van der Waals surface area (Å²) in [5, 5.41) is 3.10. The van der Waals surface area contributed by atoms with Gasteiger partial charge in [-0.3, -0.25) is 0 Å². The first-order valence-corrected chi connectivity index (χ1v) is 8.85. The molecule has 0 aromatic heterocycles. The maximum absolute atomic E-state index is 12.4. The molecule has 1 aliphatic carbocycles. The zero-order valence-electron chi connectivity index (χ0n) is 12.2. The molecule has 1 saturated carbocycles. The molecule has 0 aliphatic heterocycles. The van der Waals surface area contributed by atoms with Crippen molar-refractivity contribution in [1.82, 2.24) is 4.72 Å². The minimum absolute atomic E-state index is 0.340. The fourth-order valence-corrected chi connectivity index (χ4v) is 4.13. The van der Waals surface area contributed by atoms with Crippen molar-refractivity contribution in [3.05, 3.63) is 24.3 Å². The third-order valence-corrected chi connectivity index (χ3v) is 5.60. The molecule has 0 bridgehead atoms. The summed E-state index contributed by atoms with van der Waals surface area (Å²) in [6, 6.07) is 7.05. The Hall–Kier alpha value is -1.07. The molecule has 0 radical (unpaired) electrons. The highest BCUT2D eigenvalue weighted by Crippen LogP contribution is 2.31. The molecule has 1 fully saturated rings. The summed E-state index contributed by atoms with van der Waals surface area (Å²) in [6.45, 7) is 5.41. The van der Waals surface area contributed by atoms with Crippen LogP contribution >= 0.6 is 0 Å². The third kappa shape index (κ3) is 3.52. The van der Waals surface area contributed by atoms with E-state index in [0.717, 1.165) is 6.42 Å². The summed E-state index contributed by atoms with van der Waals surface area (Å²) in [5.41, 5.74) is 0.668. The van der Waals surface area contributed by atoms with Crippen LogP contribution in [-0.2, 0) is 10.0 Å². The van der Waals surface area contributed by atoms with Crippen LogP contribution in [0, 0.1) is 11.8 Å². The minimum atomic E-state index is -3.44. The molecule has 2 N–H and O–H groups in total. The number of anilines is 1. The molecule has 2 atom stereocenters. The minimum Gasteiger partial charge on any atom is -0.384 e. The molecule has 20 heavy (non-hydrogen) atoms. The van der Waals surface area contributed by atoms with Crippen LogP contribution in [0.3, 0.4) is 0 Å². The average Bonchev–Trinajstić information content (AvgIpc) is 2.83. The second-order valence-electron chi connectivity index (χ2n) is 5.55. The number of sulfonamides is 1. The quantitative estimate of drug-likeness (QED) is 0.848. The second kappa shape index (κ2) is 6.59. The van der Waals surface area contributed by atoms with Crippen LogP contribution in [0.4, 0.5) is 5.69 Å². The van der Waals surface area contributed by atoms with E-state index in [1.807, 2.05) is 13.0 Å². The topological polar surface area (TPSA) is 58.2 Å². The maximum atomic E-state index is 12.4. The van der Waals surface area contributed by atoms with E-state index in [2.05, 4.69) is 17.0 Å². The number of hydrogen-bond donors (Lipinski definition) is 2. The number of benzene rings is 1. The van der Waals surface area contributed by atoms with Gasteiger partial charge in [-0.1, -0.05) is 31.9 Å². The van der Waals surface area contributed by atoms with Gasteiger partial charge < -0.3 is 5.32 Å². The van der Waals surface area contributed by atoms with Gasteiger partial charge in [0.2, 0.25) is 10.0 Å². The van der Waals surface area contributed by atoms with E-state index in [9.17, 15) is 8.42 Å². The molecule has 112 valence electrons. The molecule has 0 amide bonds. The van der Waals surface area contributed by atoms with Crippen molar-refractivity contribution in [2.75, 3.05) is 18.4 Å². The number of nitrogens with one attached hydrogen (secondary N) is 2. The Morgan fingerprint density at radius 2 is 2.00 bits per heavy atom. The van der Waals surface area contributed by atoms with Gasteiger partial charge in [0.25, 0.3) is 0 Å². The molecule has 0 heterocycles. The van der Waals surface area contributed by atoms with Gasteiger partial charge in [-0.2, -0.15) is 0 Å². The Labute approximate surface area is 122 Å². The van der Waals surface area contributed by atoms with Gasteiger partial charge in [0.15, 0.2) is 0 Å². The van der Waals surface area contributed by atoms with E-state index < -0.39 is 10.0 Å². The summed E-state index contributed by atoms with van der Waals surface area (Å²) in [5.74, 6) is 1.08. The molecular formula is C15H24N2O2S. The van der Waals surface area contributed by atoms with Crippen LogP contribution in [0.15, 0.2) is 29.2 Å². The first-order chi connectivity index (χ1) is 9.54. The van der Waals surface area contributed by atoms with E-state index in [4.69, 9.17) is 0 Å². The van der Waals surface area contributed by atoms with E-state index >= 15 is 0 Å². The SMILES string of the molecule is CCNc1ccccc1S(=O)(=O)NCC1CCCC1C. The molecule has 0 spiro atoms. The van der Waals surface area contributed by atoms with E-state index in [-0.39, 0.29) is 0 Å². The largest absolute Gasteiger partial charge is 0.384 e. The van der Waals surface area contributed by atoms with Crippen molar-refractivity contribution >= 4 is 15.7 Å². The summed E-state index contributed by atoms with van der Waals surface area (Å²) in [6.07, 6.45) is 3.54. The number of hydrogen-bond acceptors (Lipinski definition) is 3. The van der Waals surface area contributed by atoms with Crippen LogP contribution in [0.25, 0.3) is 0 Å². The predicted octanol–water partition coefficient (Wildman–Crippen LogP) is 2.83. The molecule has 1 aliphatic rings. The Kier molecular flexibility index (Phi) is 5.05. The lowest BCUT2D eigenvalue weighted by Crippen LogP contribution is -2.30. The van der Waals surface area contributed by atoms with Gasteiger partial charge in [-0.15, -0.1) is 0 Å². The van der Waals surface area contributed by atoms with Gasteiger partial charge in [0.05, 0.1) is 5.69 Å². The predicted molar refractivity (Wildman–Crippen MR) is 82.3 cm³/mol. The van der Waals surface area contributed by atoms with Gasteiger partial charge in [0.1, 0.15) is 4.90 Å².